The Labute approximate surface area is 103 Å². The van der Waals surface area contributed by atoms with Crippen LogP contribution in [0.25, 0.3) is 0 Å². The van der Waals surface area contributed by atoms with Gasteiger partial charge in [0.2, 0.25) is 5.91 Å². The monoisotopic (exact) mass is 240 g/mol. The summed E-state index contributed by atoms with van der Waals surface area (Å²) in [5.74, 6) is 0.889. The summed E-state index contributed by atoms with van der Waals surface area (Å²) >= 11 is 0. The number of hydrogen-bond acceptors (Lipinski definition) is 3. The summed E-state index contributed by atoms with van der Waals surface area (Å²) in [5.41, 5.74) is 5.99. The molecule has 2 N–H and O–H groups in total. The van der Waals surface area contributed by atoms with E-state index in [2.05, 4.69) is 13.8 Å². The van der Waals surface area contributed by atoms with Gasteiger partial charge < -0.3 is 15.4 Å². The molecule has 98 valence electrons. The maximum absolute atomic E-state index is 12.5. The predicted molar refractivity (Wildman–Crippen MR) is 66.5 cm³/mol. The number of ether oxygens (including phenoxy) is 1. The standard InChI is InChI=1S/C13H24N2O2/c1-9-3-4-11(14)7-12(9)13(16)15-5-6-17-8-10(15)2/h9-12H,3-8,14H2,1-2H3. The van der Waals surface area contributed by atoms with Crippen molar-refractivity contribution in [3.05, 3.63) is 0 Å². The van der Waals surface area contributed by atoms with Crippen molar-refractivity contribution < 1.29 is 9.53 Å². The van der Waals surface area contributed by atoms with Gasteiger partial charge in [-0.25, -0.2) is 0 Å². The van der Waals surface area contributed by atoms with Crippen LogP contribution in [-0.4, -0.2) is 42.6 Å². The van der Waals surface area contributed by atoms with Gasteiger partial charge >= 0.3 is 0 Å². The molecule has 2 fully saturated rings. The smallest absolute Gasteiger partial charge is 0.226 e. The molecule has 2 aliphatic rings. The molecule has 1 saturated carbocycles. The fourth-order valence-electron chi connectivity index (χ4n) is 2.97. The van der Waals surface area contributed by atoms with Crippen LogP contribution in [-0.2, 0) is 9.53 Å². The van der Waals surface area contributed by atoms with Crippen LogP contribution in [0.5, 0.6) is 0 Å². The number of hydrogen-bond donors (Lipinski definition) is 1. The molecule has 4 heteroatoms. The van der Waals surface area contributed by atoms with Crippen LogP contribution in [0.15, 0.2) is 0 Å². The summed E-state index contributed by atoms with van der Waals surface area (Å²) in [6, 6.07) is 0.415. The van der Waals surface area contributed by atoms with E-state index in [1.807, 2.05) is 4.90 Å². The van der Waals surface area contributed by atoms with Crippen LogP contribution in [0, 0.1) is 11.8 Å². The molecule has 1 aliphatic carbocycles. The topological polar surface area (TPSA) is 55.6 Å². The van der Waals surface area contributed by atoms with E-state index in [4.69, 9.17) is 10.5 Å². The summed E-state index contributed by atoms with van der Waals surface area (Å²) in [4.78, 5) is 14.5. The van der Waals surface area contributed by atoms with Gasteiger partial charge in [0.05, 0.1) is 19.3 Å². The minimum atomic E-state index is 0.124. The molecule has 1 amide bonds. The van der Waals surface area contributed by atoms with Crippen molar-refractivity contribution in [1.29, 1.82) is 0 Å². The van der Waals surface area contributed by atoms with Crippen molar-refractivity contribution in [2.45, 2.75) is 45.2 Å². The van der Waals surface area contributed by atoms with Crippen LogP contribution >= 0.6 is 0 Å². The van der Waals surface area contributed by atoms with E-state index in [1.165, 1.54) is 0 Å². The minimum Gasteiger partial charge on any atom is -0.377 e. The van der Waals surface area contributed by atoms with Gasteiger partial charge in [-0.1, -0.05) is 6.92 Å². The highest BCUT2D eigenvalue weighted by molar-refractivity contribution is 5.79. The third-order valence-corrected chi connectivity index (χ3v) is 4.20. The Hall–Kier alpha value is -0.610. The van der Waals surface area contributed by atoms with E-state index in [-0.39, 0.29) is 18.0 Å². The Morgan fingerprint density at radius 3 is 2.82 bits per heavy atom. The van der Waals surface area contributed by atoms with E-state index in [0.29, 0.717) is 25.0 Å². The lowest BCUT2D eigenvalue weighted by atomic mass is 9.77. The highest BCUT2D eigenvalue weighted by atomic mass is 16.5. The number of carbonyl (C=O) groups excluding carboxylic acids is 1. The molecule has 0 aromatic heterocycles. The molecule has 4 atom stereocenters. The number of rotatable bonds is 1. The zero-order chi connectivity index (χ0) is 12.4. The predicted octanol–water partition coefficient (Wildman–Crippen LogP) is 0.997. The second-order valence-electron chi connectivity index (χ2n) is 5.61. The number of amides is 1. The zero-order valence-corrected chi connectivity index (χ0v) is 10.9. The molecule has 0 aromatic rings. The van der Waals surface area contributed by atoms with Crippen molar-refractivity contribution in [1.82, 2.24) is 4.90 Å². The Kier molecular flexibility index (Phi) is 4.05. The van der Waals surface area contributed by atoms with E-state index < -0.39 is 0 Å². The molecule has 1 aliphatic heterocycles. The summed E-state index contributed by atoms with van der Waals surface area (Å²) in [6.45, 7) is 6.31. The summed E-state index contributed by atoms with van der Waals surface area (Å²) in [5, 5.41) is 0. The molecule has 4 nitrogen and oxygen atoms in total. The van der Waals surface area contributed by atoms with Gasteiger partial charge in [0.25, 0.3) is 0 Å². The maximum atomic E-state index is 12.5. The molecule has 2 rings (SSSR count). The molecular formula is C13H24N2O2. The van der Waals surface area contributed by atoms with Gasteiger partial charge in [0.1, 0.15) is 0 Å². The van der Waals surface area contributed by atoms with Gasteiger partial charge in [-0.3, -0.25) is 4.79 Å². The Morgan fingerprint density at radius 2 is 2.12 bits per heavy atom. The van der Waals surface area contributed by atoms with E-state index in [1.54, 1.807) is 0 Å². The highest BCUT2D eigenvalue weighted by Gasteiger charge is 2.36. The lowest BCUT2D eigenvalue weighted by Crippen LogP contribution is -2.52. The first kappa shape index (κ1) is 12.8. The minimum absolute atomic E-state index is 0.124. The van der Waals surface area contributed by atoms with Gasteiger partial charge in [-0.05, 0) is 32.1 Å². The first-order valence-electron chi connectivity index (χ1n) is 6.73. The van der Waals surface area contributed by atoms with Gasteiger partial charge in [0, 0.05) is 18.5 Å². The summed E-state index contributed by atoms with van der Waals surface area (Å²) in [7, 11) is 0. The molecule has 0 bridgehead atoms. The lowest BCUT2D eigenvalue weighted by Gasteiger charge is -2.39. The maximum Gasteiger partial charge on any atom is 0.226 e. The number of morpholine rings is 1. The molecule has 0 spiro atoms. The SMILES string of the molecule is CC1CCC(N)CC1C(=O)N1CCOCC1C. The first-order chi connectivity index (χ1) is 8.09. The van der Waals surface area contributed by atoms with Crippen LogP contribution in [0.4, 0.5) is 0 Å². The fraction of sp³-hybridized carbons (Fsp3) is 0.923. The molecule has 17 heavy (non-hydrogen) atoms. The van der Waals surface area contributed by atoms with Gasteiger partial charge in [0.15, 0.2) is 0 Å². The average molecular weight is 240 g/mol. The van der Waals surface area contributed by atoms with Crippen molar-refractivity contribution >= 4 is 5.91 Å². The molecule has 1 heterocycles. The Morgan fingerprint density at radius 1 is 1.35 bits per heavy atom. The van der Waals surface area contributed by atoms with Gasteiger partial charge in [-0.2, -0.15) is 0 Å². The second-order valence-corrected chi connectivity index (χ2v) is 5.61. The molecule has 0 radical (unpaired) electrons. The van der Waals surface area contributed by atoms with E-state index >= 15 is 0 Å². The summed E-state index contributed by atoms with van der Waals surface area (Å²) in [6.07, 6.45) is 2.99. The first-order valence-corrected chi connectivity index (χ1v) is 6.73. The van der Waals surface area contributed by atoms with Crippen molar-refractivity contribution in [3.63, 3.8) is 0 Å². The fourth-order valence-corrected chi connectivity index (χ4v) is 2.97. The van der Waals surface area contributed by atoms with Crippen LogP contribution in [0.1, 0.15) is 33.1 Å². The quantitative estimate of drug-likeness (QED) is 0.744. The van der Waals surface area contributed by atoms with E-state index in [0.717, 1.165) is 25.8 Å². The number of carbonyl (C=O) groups is 1. The second kappa shape index (κ2) is 5.36. The van der Waals surface area contributed by atoms with Gasteiger partial charge in [-0.15, -0.1) is 0 Å². The van der Waals surface area contributed by atoms with Crippen molar-refractivity contribution in [3.8, 4) is 0 Å². The zero-order valence-electron chi connectivity index (χ0n) is 10.9. The molecule has 4 unspecified atom stereocenters. The molecule has 1 saturated heterocycles. The van der Waals surface area contributed by atoms with Crippen molar-refractivity contribution in [2.75, 3.05) is 19.8 Å². The van der Waals surface area contributed by atoms with E-state index in [9.17, 15) is 4.79 Å². The van der Waals surface area contributed by atoms with Crippen molar-refractivity contribution in [2.24, 2.45) is 17.6 Å². The third kappa shape index (κ3) is 2.80. The van der Waals surface area contributed by atoms with Crippen LogP contribution < -0.4 is 5.73 Å². The lowest BCUT2D eigenvalue weighted by molar-refractivity contribution is -0.146. The number of nitrogens with two attached hydrogens (primary N) is 1. The molecule has 0 aromatic carbocycles. The molecular weight excluding hydrogens is 216 g/mol. The average Bonchev–Trinajstić information content (AvgIpc) is 2.32. The summed E-state index contributed by atoms with van der Waals surface area (Å²) < 4.78 is 5.38. The normalized spacial score (nSPS) is 39.1. The largest absolute Gasteiger partial charge is 0.377 e. The third-order valence-electron chi connectivity index (χ3n) is 4.20. The Balaban J connectivity index is 2.02. The van der Waals surface area contributed by atoms with Crippen LogP contribution in [0.2, 0.25) is 0 Å². The number of nitrogens with zero attached hydrogens (tertiary/aromatic N) is 1. The highest BCUT2D eigenvalue weighted by Crippen LogP contribution is 2.31. The van der Waals surface area contributed by atoms with Crippen LogP contribution in [0.3, 0.4) is 0 Å². The Bertz CT molecular complexity index is 283.